The van der Waals surface area contributed by atoms with Crippen LogP contribution in [0.25, 0.3) is 16.9 Å². The molecule has 0 bridgehead atoms. The zero-order chi connectivity index (χ0) is 15.7. The van der Waals surface area contributed by atoms with Crippen molar-refractivity contribution in [1.82, 2.24) is 4.57 Å². The number of rotatable bonds is 2. The maximum absolute atomic E-state index is 9.39. The highest BCUT2D eigenvalue weighted by atomic mass is 15.0. The van der Waals surface area contributed by atoms with Gasteiger partial charge in [-0.25, -0.2) is 0 Å². The first-order chi connectivity index (χ1) is 10.6. The molecule has 108 valence electrons. The number of aryl methyl sites for hydroxylation is 2. The summed E-state index contributed by atoms with van der Waals surface area (Å²) in [7, 11) is 2.02. The SMILES string of the molecule is Cc1c(-c2cccn2C)cc(C#N)cc1-[n+]1ccccc1C. The number of hydrogen-bond acceptors (Lipinski definition) is 1. The largest absolute Gasteiger partial charge is 0.351 e. The molecule has 2 heterocycles. The summed E-state index contributed by atoms with van der Waals surface area (Å²) in [5.41, 5.74) is 6.24. The molecular formula is C19H18N3+. The van der Waals surface area contributed by atoms with E-state index < -0.39 is 0 Å². The quantitative estimate of drug-likeness (QED) is 0.665. The lowest BCUT2D eigenvalue weighted by molar-refractivity contribution is -0.603. The smallest absolute Gasteiger partial charge is 0.215 e. The van der Waals surface area contributed by atoms with Gasteiger partial charge in [0, 0.05) is 55.2 Å². The van der Waals surface area contributed by atoms with Crippen LogP contribution in [-0.2, 0) is 7.05 Å². The monoisotopic (exact) mass is 288 g/mol. The fourth-order valence-electron chi connectivity index (χ4n) is 2.82. The highest BCUT2D eigenvalue weighted by Crippen LogP contribution is 2.27. The molecule has 3 nitrogen and oxygen atoms in total. The second kappa shape index (κ2) is 5.50. The molecule has 0 atom stereocenters. The zero-order valence-corrected chi connectivity index (χ0v) is 13.0. The molecule has 0 aliphatic carbocycles. The van der Waals surface area contributed by atoms with Crippen molar-refractivity contribution in [3.05, 3.63) is 71.7 Å². The minimum atomic E-state index is 0.674. The predicted molar refractivity (Wildman–Crippen MR) is 86.6 cm³/mol. The van der Waals surface area contributed by atoms with Crippen molar-refractivity contribution in [2.45, 2.75) is 13.8 Å². The molecule has 3 aromatic rings. The van der Waals surface area contributed by atoms with Crippen molar-refractivity contribution < 1.29 is 4.57 Å². The molecule has 0 aliphatic rings. The Balaban J connectivity index is 2.31. The number of hydrogen-bond donors (Lipinski definition) is 0. The molecule has 0 saturated carbocycles. The Labute approximate surface area is 130 Å². The van der Waals surface area contributed by atoms with Crippen LogP contribution in [0, 0.1) is 25.2 Å². The van der Waals surface area contributed by atoms with E-state index in [4.69, 9.17) is 0 Å². The maximum Gasteiger partial charge on any atom is 0.215 e. The van der Waals surface area contributed by atoms with Crippen LogP contribution >= 0.6 is 0 Å². The van der Waals surface area contributed by atoms with Gasteiger partial charge in [-0.15, -0.1) is 0 Å². The van der Waals surface area contributed by atoms with E-state index in [1.807, 2.05) is 49.8 Å². The Morgan fingerprint density at radius 1 is 1.09 bits per heavy atom. The van der Waals surface area contributed by atoms with E-state index in [2.05, 4.69) is 41.2 Å². The van der Waals surface area contributed by atoms with Crippen molar-refractivity contribution in [3.8, 4) is 23.0 Å². The normalized spacial score (nSPS) is 10.5. The number of pyridine rings is 1. The predicted octanol–water partition coefficient (Wildman–Crippen LogP) is 3.46. The number of aromatic nitrogens is 2. The van der Waals surface area contributed by atoms with Gasteiger partial charge in [0.2, 0.25) is 5.69 Å². The molecule has 0 unspecified atom stereocenters. The van der Waals surface area contributed by atoms with Gasteiger partial charge >= 0.3 is 0 Å². The van der Waals surface area contributed by atoms with Crippen molar-refractivity contribution >= 4 is 0 Å². The topological polar surface area (TPSA) is 32.6 Å². The van der Waals surface area contributed by atoms with Crippen LogP contribution in [0.5, 0.6) is 0 Å². The summed E-state index contributed by atoms with van der Waals surface area (Å²) in [5.74, 6) is 0. The second-order valence-electron chi connectivity index (χ2n) is 5.50. The average molecular weight is 288 g/mol. The average Bonchev–Trinajstić information content (AvgIpc) is 2.94. The van der Waals surface area contributed by atoms with Gasteiger partial charge < -0.3 is 4.57 Å². The summed E-state index contributed by atoms with van der Waals surface area (Å²) in [5, 5.41) is 9.39. The van der Waals surface area contributed by atoms with Crippen LogP contribution in [0.15, 0.2) is 54.9 Å². The Bertz CT molecular complexity index is 882. The van der Waals surface area contributed by atoms with Crippen LogP contribution < -0.4 is 4.57 Å². The summed E-state index contributed by atoms with van der Waals surface area (Å²) < 4.78 is 4.21. The third-order valence-electron chi connectivity index (χ3n) is 4.05. The summed E-state index contributed by atoms with van der Waals surface area (Å²) >= 11 is 0. The Kier molecular flexibility index (Phi) is 3.52. The molecule has 0 N–H and O–H groups in total. The summed E-state index contributed by atoms with van der Waals surface area (Å²) in [4.78, 5) is 0. The highest BCUT2D eigenvalue weighted by Gasteiger charge is 2.19. The molecule has 3 rings (SSSR count). The Morgan fingerprint density at radius 2 is 1.91 bits per heavy atom. The molecule has 2 aromatic heterocycles. The van der Waals surface area contributed by atoms with E-state index in [-0.39, 0.29) is 0 Å². The molecule has 0 saturated heterocycles. The van der Waals surface area contributed by atoms with E-state index in [0.717, 1.165) is 22.6 Å². The van der Waals surface area contributed by atoms with Gasteiger partial charge in [0.25, 0.3) is 0 Å². The molecule has 22 heavy (non-hydrogen) atoms. The van der Waals surface area contributed by atoms with E-state index >= 15 is 0 Å². The maximum atomic E-state index is 9.39. The molecular weight excluding hydrogens is 270 g/mol. The number of nitrogens with zero attached hydrogens (tertiary/aromatic N) is 3. The van der Waals surface area contributed by atoms with E-state index in [9.17, 15) is 5.26 Å². The van der Waals surface area contributed by atoms with E-state index in [0.29, 0.717) is 5.56 Å². The van der Waals surface area contributed by atoms with Crippen LogP contribution in [0.2, 0.25) is 0 Å². The first kappa shape index (κ1) is 14.1. The molecule has 3 heteroatoms. The summed E-state index contributed by atoms with van der Waals surface area (Å²) in [6.45, 7) is 4.18. The third-order valence-corrected chi connectivity index (χ3v) is 4.05. The molecule has 0 spiro atoms. The van der Waals surface area contributed by atoms with Gasteiger partial charge in [0.1, 0.15) is 0 Å². The standard InChI is InChI=1S/C19H18N3/c1-14-7-4-5-10-22(14)19-12-16(13-20)11-17(15(19)2)18-8-6-9-21(18)3/h4-12H,1-3H3/q+1. The van der Waals surface area contributed by atoms with Gasteiger partial charge in [-0.2, -0.15) is 9.83 Å². The Hall–Kier alpha value is -2.86. The molecule has 0 radical (unpaired) electrons. The summed E-state index contributed by atoms with van der Waals surface area (Å²) in [6, 6.07) is 16.4. The van der Waals surface area contributed by atoms with Crippen molar-refractivity contribution in [2.24, 2.45) is 7.05 Å². The minimum absolute atomic E-state index is 0.674. The first-order valence-electron chi connectivity index (χ1n) is 7.26. The van der Waals surface area contributed by atoms with Crippen LogP contribution in [0.4, 0.5) is 0 Å². The molecule has 0 fully saturated rings. The van der Waals surface area contributed by atoms with Crippen molar-refractivity contribution in [3.63, 3.8) is 0 Å². The fraction of sp³-hybridized carbons (Fsp3) is 0.158. The van der Waals surface area contributed by atoms with Crippen LogP contribution in [-0.4, -0.2) is 4.57 Å². The fourth-order valence-corrected chi connectivity index (χ4v) is 2.82. The first-order valence-corrected chi connectivity index (χ1v) is 7.26. The van der Waals surface area contributed by atoms with Gasteiger partial charge in [-0.3, -0.25) is 0 Å². The van der Waals surface area contributed by atoms with E-state index in [1.165, 1.54) is 5.56 Å². The third kappa shape index (κ3) is 2.29. The van der Waals surface area contributed by atoms with Crippen LogP contribution in [0.3, 0.4) is 0 Å². The van der Waals surface area contributed by atoms with Gasteiger partial charge in [-0.1, -0.05) is 6.07 Å². The lowest BCUT2D eigenvalue weighted by atomic mass is 10.00. The number of nitriles is 1. The van der Waals surface area contributed by atoms with Gasteiger partial charge in [0.15, 0.2) is 11.9 Å². The van der Waals surface area contributed by atoms with Crippen LogP contribution in [0.1, 0.15) is 16.8 Å². The lowest BCUT2D eigenvalue weighted by Gasteiger charge is -2.11. The van der Waals surface area contributed by atoms with Gasteiger partial charge in [-0.05, 0) is 25.1 Å². The molecule has 1 aromatic carbocycles. The lowest BCUT2D eigenvalue weighted by Crippen LogP contribution is -2.34. The Morgan fingerprint density at radius 3 is 2.55 bits per heavy atom. The highest BCUT2D eigenvalue weighted by molar-refractivity contribution is 5.70. The van der Waals surface area contributed by atoms with Gasteiger partial charge in [0.05, 0.1) is 11.6 Å². The van der Waals surface area contributed by atoms with Crippen molar-refractivity contribution in [1.29, 1.82) is 5.26 Å². The summed E-state index contributed by atoms with van der Waals surface area (Å²) in [6.07, 6.45) is 4.06. The van der Waals surface area contributed by atoms with Crippen molar-refractivity contribution in [2.75, 3.05) is 0 Å². The minimum Gasteiger partial charge on any atom is -0.351 e. The van der Waals surface area contributed by atoms with E-state index in [1.54, 1.807) is 0 Å². The zero-order valence-electron chi connectivity index (χ0n) is 13.0. The molecule has 0 amide bonds. The number of benzene rings is 1. The molecule has 0 aliphatic heterocycles. The second-order valence-corrected chi connectivity index (χ2v) is 5.50.